The molecular weight excluding hydrogens is 370 g/mol. The van der Waals surface area contributed by atoms with E-state index < -0.39 is 9.84 Å². The highest BCUT2D eigenvalue weighted by molar-refractivity contribution is 7.95. The molecule has 0 spiro atoms. The van der Waals surface area contributed by atoms with E-state index in [2.05, 4.69) is 0 Å². The Bertz CT molecular complexity index is 1130. The zero-order chi connectivity index (χ0) is 20.0. The van der Waals surface area contributed by atoms with Crippen LogP contribution in [-0.2, 0) is 16.4 Å². The van der Waals surface area contributed by atoms with Crippen molar-refractivity contribution in [2.24, 2.45) is 0 Å². The molecule has 0 radical (unpaired) electrons. The number of nitrogens with zero attached hydrogens (tertiary/aromatic N) is 1. The lowest BCUT2D eigenvalue weighted by Crippen LogP contribution is -2.04. The normalized spacial score (nSPS) is 11.6. The molecule has 140 valence electrons. The van der Waals surface area contributed by atoms with Gasteiger partial charge in [-0.15, -0.1) is 0 Å². The molecule has 0 saturated carbocycles. The molecule has 0 aromatic heterocycles. The summed E-state index contributed by atoms with van der Waals surface area (Å²) in [6.45, 7) is 2.22. The maximum absolute atomic E-state index is 12.8. The molecule has 0 amide bonds. The molecule has 0 heterocycles. The number of aryl methyl sites for hydroxylation is 1. The predicted molar refractivity (Wildman–Crippen MR) is 109 cm³/mol. The third-order valence-corrected chi connectivity index (χ3v) is 5.85. The molecule has 0 fully saturated rings. The molecule has 3 aromatic carbocycles. The first kappa shape index (κ1) is 19.4. The van der Waals surface area contributed by atoms with Crippen molar-refractivity contribution >= 4 is 15.9 Å². The lowest BCUT2D eigenvalue weighted by molar-refractivity contribution is 0.305. The summed E-state index contributed by atoms with van der Waals surface area (Å²) >= 11 is 0. The van der Waals surface area contributed by atoms with Gasteiger partial charge in [0, 0.05) is 5.56 Å². The van der Waals surface area contributed by atoms with E-state index in [0.717, 1.165) is 11.1 Å². The summed E-state index contributed by atoms with van der Waals surface area (Å²) in [6.07, 6.45) is 1.36. The van der Waals surface area contributed by atoms with Crippen LogP contribution in [0.5, 0.6) is 5.75 Å². The Kier molecular flexibility index (Phi) is 5.93. The number of hydrogen-bond acceptors (Lipinski definition) is 4. The van der Waals surface area contributed by atoms with Crippen LogP contribution < -0.4 is 4.74 Å². The Hall–Kier alpha value is -3.36. The quantitative estimate of drug-likeness (QED) is 0.562. The van der Waals surface area contributed by atoms with E-state index in [1.54, 1.807) is 36.4 Å². The van der Waals surface area contributed by atoms with Gasteiger partial charge in [0.2, 0.25) is 9.84 Å². The smallest absolute Gasteiger partial charge is 0.216 e. The van der Waals surface area contributed by atoms with E-state index >= 15 is 0 Å². The highest BCUT2D eigenvalue weighted by Crippen LogP contribution is 2.26. The monoisotopic (exact) mass is 389 g/mol. The molecule has 3 aromatic rings. The number of para-hydroxylation sites is 1. The van der Waals surface area contributed by atoms with Crippen LogP contribution in [0.3, 0.4) is 0 Å². The van der Waals surface area contributed by atoms with Gasteiger partial charge in [-0.1, -0.05) is 66.2 Å². The van der Waals surface area contributed by atoms with Gasteiger partial charge in [0.05, 0.1) is 4.90 Å². The third-order valence-electron chi connectivity index (χ3n) is 4.17. The van der Waals surface area contributed by atoms with Gasteiger partial charge in [-0.25, -0.2) is 8.42 Å². The average molecular weight is 389 g/mol. The van der Waals surface area contributed by atoms with Crippen LogP contribution in [0.1, 0.15) is 16.7 Å². The van der Waals surface area contributed by atoms with E-state index in [0.29, 0.717) is 17.9 Å². The van der Waals surface area contributed by atoms with Gasteiger partial charge >= 0.3 is 0 Å². The molecular formula is C23H19NO3S. The van der Waals surface area contributed by atoms with Crippen molar-refractivity contribution in [3.05, 3.63) is 100 Å². The fourth-order valence-electron chi connectivity index (χ4n) is 2.62. The van der Waals surface area contributed by atoms with Crippen molar-refractivity contribution in [1.29, 1.82) is 5.26 Å². The minimum absolute atomic E-state index is 0.0913. The predicted octanol–water partition coefficient (Wildman–Crippen LogP) is 4.91. The van der Waals surface area contributed by atoms with Gasteiger partial charge in [-0.3, -0.25) is 0 Å². The van der Waals surface area contributed by atoms with Crippen LogP contribution in [0.15, 0.2) is 88.7 Å². The van der Waals surface area contributed by atoms with Gasteiger partial charge < -0.3 is 4.74 Å². The highest BCUT2D eigenvalue weighted by atomic mass is 32.2. The van der Waals surface area contributed by atoms with E-state index in [1.165, 1.54) is 18.2 Å². The largest absolute Gasteiger partial charge is 0.488 e. The van der Waals surface area contributed by atoms with Crippen LogP contribution in [0.2, 0.25) is 0 Å². The third kappa shape index (κ3) is 4.48. The molecule has 0 atom stereocenters. The van der Waals surface area contributed by atoms with Gasteiger partial charge in [0.25, 0.3) is 0 Å². The Morgan fingerprint density at radius 1 is 0.964 bits per heavy atom. The molecule has 0 aliphatic rings. The summed E-state index contributed by atoms with van der Waals surface area (Å²) in [7, 11) is -3.91. The van der Waals surface area contributed by atoms with Crippen molar-refractivity contribution in [3.63, 3.8) is 0 Å². The first-order valence-electron chi connectivity index (χ1n) is 8.70. The van der Waals surface area contributed by atoms with Gasteiger partial charge in [0.15, 0.2) is 0 Å². The number of ether oxygens (including phenoxy) is 1. The van der Waals surface area contributed by atoms with Crippen LogP contribution in [0.25, 0.3) is 6.08 Å². The van der Waals surface area contributed by atoms with Crippen LogP contribution >= 0.6 is 0 Å². The molecule has 0 unspecified atom stereocenters. The lowest BCUT2D eigenvalue weighted by Gasteiger charge is -2.10. The Morgan fingerprint density at radius 2 is 1.61 bits per heavy atom. The average Bonchev–Trinajstić information content (AvgIpc) is 2.72. The molecule has 0 N–H and O–H groups in total. The number of allylic oxidation sites excluding steroid dienone is 1. The summed E-state index contributed by atoms with van der Waals surface area (Å²) in [4.78, 5) is -0.235. The summed E-state index contributed by atoms with van der Waals surface area (Å²) < 4.78 is 31.5. The van der Waals surface area contributed by atoms with E-state index in [-0.39, 0.29) is 9.80 Å². The molecule has 0 aliphatic heterocycles. The Labute approximate surface area is 165 Å². The van der Waals surface area contributed by atoms with E-state index in [1.807, 2.05) is 43.3 Å². The first-order valence-corrected chi connectivity index (χ1v) is 10.2. The molecule has 28 heavy (non-hydrogen) atoms. The van der Waals surface area contributed by atoms with Crippen molar-refractivity contribution in [2.45, 2.75) is 18.4 Å². The second-order valence-corrected chi connectivity index (χ2v) is 8.17. The minimum atomic E-state index is -3.91. The Morgan fingerprint density at radius 3 is 2.29 bits per heavy atom. The van der Waals surface area contributed by atoms with Gasteiger partial charge in [-0.2, -0.15) is 5.26 Å². The minimum Gasteiger partial charge on any atom is -0.488 e. The zero-order valence-electron chi connectivity index (χ0n) is 15.4. The Balaban J connectivity index is 1.93. The first-order chi connectivity index (χ1) is 13.5. The van der Waals surface area contributed by atoms with Crippen LogP contribution in [0.4, 0.5) is 0 Å². The van der Waals surface area contributed by atoms with Gasteiger partial charge in [-0.05, 0) is 36.8 Å². The molecule has 5 heteroatoms. The summed E-state index contributed by atoms with van der Waals surface area (Å²) in [6, 6.07) is 25.0. The molecule has 3 rings (SSSR count). The van der Waals surface area contributed by atoms with Gasteiger partial charge in [0.1, 0.15) is 23.3 Å². The van der Waals surface area contributed by atoms with Crippen molar-refractivity contribution < 1.29 is 13.2 Å². The summed E-state index contributed by atoms with van der Waals surface area (Å²) in [5.41, 5.74) is 2.47. The molecule has 0 saturated heterocycles. The number of benzene rings is 3. The standard InChI is InChI=1S/C23H19NO3S/c1-18-11-13-21(14-12-18)28(25,26)22(16-24)15-20-9-5-6-10-23(20)27-17-19-7-3-2-4-8-19/h2-15H,17H2,1H3. The summed E-state index contributed by atoms with van der Waals surface area (Å²) in [5.74, 6) is 0.512. The van der Waals surface area contributed by atoms with Crippen molar-refractivity contribution in [2.75, 3.05) is 0 Å². The number of rotatable bonds is 6. The fourth-order valence-corrected chi connectivity index (χ4v) is 3.77. The topological polar surface area (TPSA) is 67.2 Å². The SMILES string of the molecule is Cc1ccc(S(=O)(=O)C(C#N)=Cc2ccccc2OCc2ccccc2)cc1. The number of sulfone groups is 1. The zero-order valence-corrected chi connectivity index (χ0v) is 16.2. The number of hydrogen-bond donors (Lipinski definition) is 0. The van der Waals surface area contributed by atoms with Crippen molar-refractivity contribution in [1.82, 2.24) is 0 Å². The van der Waals surface area contributed by atoms with E-state index in [9.17, 15) is 13.7 Å². The lowest BCUT2D eigenvalue weighted by atomic mass is 10.2. The molecule has 0 bridgehead atoms. The fraction of sp³-hybridized carbons (Fsp3) is 0.0870. The van der Waals surface area contributed by atoms with Crippen LogP contribution in [-0.4, -0.2) is 8.42 Å². The number of nitriles is 1. The maximum atomic E-state index is 12.8. The van der Waals surface area contributed by atoms with Crippen LogP contribution in [0, 0.1) is 18.3 Å². The van der Waals surface area contributed by atoms with E-state index in [4.69, 9.17) is 4.74 Å². The molecule has 4 nitrogen and oxygen atoms in total. The summed E-state index contributed by atoms with van der Waals surface area (Å²) in [5, 5.41) is 9.50. The second kappa shape index (κ2) is 8.55. The maximum Gasteiger partial charge on any atom is 0.216 e. The highest BCUT2D eigenvalue weighted by Gasteiger charge is 2.21. The second-order valence-electron chi connectivity index (χ2n) is 6.25. The van der Waals surface area contributed by atoms with Crippen molar-refractivity contribution in [3.8, 4) is 11.8 Å². The molecule has 0 aliphatic carbocycles.